The molecule has 0 radical (unpaired) electrons. The molecule has 0 spiro atoms. The van der Waals surface area contributed by atoms with Crippen LogP contribution in [0.4, 0.5) is 11.4 Å². The number of anilines is 2. The van der Waals surface area contributed by atoms with Crippen molar-refractivity contribution in [3.8, 4) is 0 Å². The molecule has 1 saturated heterocycles. The summed E-state index contributed by atoms with van der Waals surface area (Å²) in [6.45, 7) is 3.95. The molecule has 1 fully saturated rings. The van der Waals surface area contributed by atoms with E-state index in [4.69, 9.17) is 0 Å². The van der Waals surface area contributed by atoms with Gasteiger partial charge in [-0.25, -0.2) is 0 Å². The molecule has 1 aliphatic heterocycles. The van der Waals surface area contributed by atoms with Gasteiger partial charge in [0.05, 0.1) is 17.5 Å². The van der Waals surface area contributed by atoms with E-state index in [0.29, 0.717) is 24.1 Å². The molecule has 148 valence electrons. The van der Waals surface area contributed by atoms with Crippen LogP contribution < -0.4 is 10.2 Å². The first-order chi connectivity index (χ1) is 13.8. The molecule has 2 aromatic carbocycles. The summed E-state index contributed by atoms with van der Waals surface area (Å²) in [4.78, 5) is 39.5. The SMILES string of the molecule is CC1=CC[C@@H]2C(=O)N(c3ccc(C(=O)Nc4ccc(I)cc4C)cc3)C(=O)[C@@H]2C1. The van der Waals surface area contributed by atoms with Gasteiger partial charge in [0.15, 0.2) is 0 Å². The Morgan fingerprint density at radius 2 is 1.72 bits per heavy atom. The first-order valence-electron chi connectivity index (χ1n) is 9.56. The van der Waals surface area contributed by atoms with Gasteiger partial charge in [0.1, 0.15) is 0 Å². The van der Waals surface area contributed by atoms with Crippen molar-refractivity contribution in [3.05, 3.63) is 68.8 Å². The average Bonchev–Trinajstić information content (AvgIpc) is 2.94. The monoisotopic (exact) mass is 500 g/mol. The van der Waals surface area contributed by atoms with Crippen molar-refractivity contribution in [2.24, 2.45) is 11.8 Å². The highest BCUT2D eigenvalue weighted by Crippen LogP contribution is 2.39. The molecule has 0 saturated carbocycles. The maximum absolute atomic E-state index is 12.8. The van der Waals surface area contributed by atoms with E-state index >= 15 is 0 Å². The van der Waals surface area contributed by atoms with E-state index in [1.807, 2.05) is 32.0 Å². The number of hydrogen-bond acceptors (Lipinski definition) is 3. The van der Waals surface area contributed by atoms with E-state index in [0.717, 1.165) is 20.4 Å². The van der Waals surface area contributed by atoms with Crippen molar-refractivity contribution in [2.45, 2.75) is 26.7 Å². The highest BCUT2D eigenvalue weighted by Gasteiger charge is 2.48. The number of nitrogens with one attached hydrogen (secondary N) is 1. The minimum atomic E-state index is -0.266. The van der Waals surface area contributed by atoms with Gasteiger partial charge in [-0.2, -0.15) is 0 Å². The number of amides is 3. The fraction of sp³-hybridized carbons (Fsp3) is 0.261. The smallest absolute Gasteiger partial charge is 0.255 e. The van der Waals surface area contributed by atoms with Crippen LogP contribution in [0.5, 0.6) is 0 Å². The number of aryl methyl sites for hydroxylation is 1. The molecule has 2 atom stereocenters. The summed E-state index contributed by atoms with van der Waals surface area (Å²) in [6.07, 6.45) is 3.31. The number of hydrogen-bond donors (Lipinski definition) is 1. The van der Waals surface area contributed by atoms with Gasteiger partial charge in [-0.05, 0) is 97.3 Å². The second-order valence-electron chi connectivity index (χ2n) is 7.68. The molecule has 6 heteroatoms. The van der Waals surface area contributed by atoms with Crippen LogP contribution in [-0.4, -0.2) is 17.7 Å². The Morgan fingerprint density at radius 3 is 2.41 bits per heavy atom. The maximum Gasteiger partial charge on any atom is 0.255 e. The molecule has 29 heavy (non-hydrogen) atoms. The summed E-state index contributed by atoms with van der Waals surface area (Å²) in [5, 5.41) is 2.91. The van der Waals surface area contributed by atoms with Crippen LogP contribution in [0.1, 0.15) is 35.7 Å². The second-order valence-corrected chi connectivity index (χ2v) is 8.92. The van der Waals surface area contributed by atoms with Crippen molar-refractivity contribution in [1.29, 1.82) is 0 Å². The summed E-state index contributed by atoms with van der Waals surface area (Å²) in [5.74, 6) is -1.04. The second kappa shape index (κ2) is 7.74. The van der Waals surface area contributed by atoms with Gasteiger partial charge in [-0.1, -0.05) is 11.6 Å². The predicted octanol–water partition coefficient (Wildman–Crippen LogP) is 4.70. The van der Waals surface area contributed by atoms with E-state index in [1.165, 1.54) is 4.90 Å². The number of halogens is 1. The molecule has 1 aliphatic carbocycles. The standard InChI is InChI=1S/C23H21IN2O3/c1-13-3-9-18-19(11-13)23(29)26(22(18)28)17-7-4-15(5-8-17)21(27)25-20-10-6-16(24)12-14(20)2/h3-8,10,12,18-19H,9,11H2,1-2H3,(H,25,27)/t18-,19+/m0/s1. The lowest BCUT2D eigenvalue weighted by molar-refractivity contribution is -0.122. The summed E-state index contributed by atoms with van der Waals surface area (Å²) < 4.78 is 1.10. The van der Waals surface area contributed by atoms with E-state index in [2.05, 4.69) is 34.0 Å². The highest BCUT2D eigenvalue weighted by molar-refractivity contribution is 14.1. The van der Waals surface area contributed by atoms with Gasteiger partial charge in [0, 0.05) is 14.8 Å². The molecular formula is C23H21IN2O3. The van der Waals surface area contributed by atoms with Gasteiger partial charge >= 0.3 is 0 Å². The number of nitrogens with zero attached hydrogens (tertiary/aromatic N) is 1. The van der Waals surface area contributed by atoms with Crippen LogP contribution in [-0.2, 0) is 9.59 Å². The molecule has 4 rings (SSSR count). The van der Waals surface area contributed by atoms with Gasteiger partial charge < -0.3 is 5.32 Å². The Hall–Kier alpha value is -2.48. The third kappa shape index (κ3) is 3.73. The molecule has 2 aliphatic rings. The van der Waals surface area contributed by atoms with Crippen molar-refractivity contribution in [1.82, 2.24) is 0 Å². The van der Waals surface area contributed by atoms with E-state index in [9.17, 15) is 14.4 Å². The molecule has 1 N–H and O–H groups in total. The predicted molar refractivity (Wildman–Crippen MR) is 121 cm³/mol. The number of imide groups is 1. The topological polar surface area (TPSA) is 66.5 Å². The Morgan fingerprint density at radius 1 is 1.03 bits per heavy atom. The number of carbonyl (C=O) groups is 3. The van der Waals surface area contributed by atoms with Gasteiger partial charge in [0.2, 0.25) is 11.8 Å². The van der Waals surface area contributed by atoms with E-state index in [-0.39, 0.29) is 29.6 Å². The Bertz CT molecular complexity index is 1040. The first kappa shape index (κ1) is 19.8. The molecule has 0 aromatic heterocycles. The van der Waals surface area contributed by atoms with E-state index in [1.54, 1.807) is 24.3 Å². The molecule has 0 bridgehead atoms. The van der Waals surface area contributed by atoms with Crippen molar-refractivity contribution in [3.63, 3.8) is 0 Å². The minimum absolute atomic E-state index is 0.140. The zero-order chi connectivity index (χ0) is 20.7. The average molecular weight is 500 g/mol. The fourth-order valence-corrected chi connectivity index (χ4v) is 4.66. The molecule has 5 nitrogen and oxygen atoms in total. The maximum atomic E-state index is 12.8. The van der Waals surface area contributed by atoms with Crippen molar-refractivity contribution < 1.29 is 14.4 Å². The van der Waals surface area contributed by atoms with Crippen LogP contribution in [0.2, 0.25) is 0 Å². The van der Waals surface area contributed by atoms with Crippen LogP contribution in [0.15, 0.2) is 54.1 Å². The Balaban J connectivity index is 1.51. The van der Waals surface area contributed by atoms with Gasteiger partial charge in [-0.3, -0.25) is 19.3 Å². The number of allylic oxidation sites excluding steroid dienone is 2. The molecule has 1 heterocycles. The molecule has 2 aromatic rings. The van der Waals surface area contributed by atoms with Crippen LogP contribution in [0, 0.1) is 22.3 Å². The third-order valence-electron chi connectivity index (χ3n) is 5.65. The fourth-order valence-electron chi connectivity index (χ4n) is 4.02. The van der Waals surface area contributed by atoms with Crippen LogP contribution in [0.3, 0.4) is 0 Å². The normalized spacial score (nSPS) is 21.1. The van der Waals surface area contributed by atoms with Gasteiger partial charge in [0.25, 0.3) is 5.91 Å². The number of rotatable bonds is 3. The highest BCUT2D eigenvalue weighted by atomic mass is 127. The van der Waals surface area contributed by atoms with E-state index < -0.39 is 0 Å². The van der Waals surface area contributed by atoms with Crippen molar-refractivity contribution >= 4 is 51.7 Å². The third-order valence-corrected chi connectivity index (χ3v) is 6.32. The summed E-state index contributed by atoms with van der Waals surface area (Å²) in [7, 11) is 0. The lowest BCUT2D eigenvalue weighted by Gasteiger charge is -2.18. The lowest BCUT2D eigenvalue weighted by atomic mass is 9.82. The Labute approximate surface area is 183 Å². The van der Waals surface area contributed by atoms with Gasteiger partial charge in [-0.15, -0.1) is 0 Å². The number of carbonyl (C=O) groups excluding carboxylic acids is 3. The zero-order valence-electron chi connectivity index (χ0n) is 16.2. The van der Waals surface area contributed by atoms with Crippen LogP contribution >= 0.6 is 22.6 Å². The van der Waals surface area contributed by atoms with Crippen molar-refractivity contribution in [2.75, 3.05) is 10.2 Å². The number of fused-ring (bicyclic) bond motifs is 1. The number of benzene rings is 2. The Kier molecular flexibility index (Phi) is 5.29. The zero-order valence-corrected chi connectivity index (χ0v) is 18.4. The van der Waals surface area contributed by atoms with Crippen LogP contribution in [0.25, 0.3) is 0 Å². The minimum Gasteiger partial charge on any atom is -0.322 e. The summed E-state index contributed by atoms with van der Waals surface area (Å²) in [6, 6.07) is 12.5. The molecule has 0 unspecified atom stereocenters. The summed E-state index contributed by atoms with van der Waals surface area (Å²) in [5.41, 5.74) is 3.90. The lowest BCUT2D eigenvalue weighted by Crippen LogP contribution is -2.30. The molecule has 3 amide bonds. The first-order valence-corrected chi connectivity index (χ1v) is 10.6. The molecular weight excluding hydrogens is 479 g/mol. The summed E-state index contributed by atoms with van der Waals surface area (Å²) >= 11 is 2.23. The largest absolute Gasteiger partial charge is 0.322 e. The quantitative estimate of drug-likeness (QED) is 0.378.